The molecule has 10 heteroatoms. The summed E-state index contributed by atoms with van der Waals surface area (Å²) in [6, 6.07) is 7.86. The molecule has 1 aliphatic heterocycles. The Balaban J connectivity index is 1.77. The molecule has 1 fully saturated rings. The average molecular weight is 513 g/mol. The number of Topliss-reactive ketones (excluding diaryl/α,β-unsaturated/α-hetero) is 1. The smallest absolute Gasteiger partial charge is 0.311 e. The predicted octanol–water partition coefficient (Wildman–Crippen LogP) is 4.98. The van der Waals surface area contributed by atoms with Gasteiger partial charge < -0.3 is 18.9 Å². The first kappa shape index (κ1) is 27.9. The number of methoxy groups -OCH3 is 1. The fourth-order valence-corrected chi connectivity index (χ4v) is 4.02. The van der Waals surface area contributed by atoms with Gasteiger partial charge in [-0.05, 0) is 57.4 Å². The Hall–Kier alpha value is -3.63. The average Bonchev–Trinajstić information content (AvgIpc) is 2.88. The SMILES string of the molecule is COC(=O)CC/C=C\C[C@@H]1CO[C@H](C(C)(C)Oc2ccc(C(C)=O)cc2[N+](=O)[O-])O[C@@H]1c1cccnc1. The lowest BCUT2D eigenvalue weighted by atomic mass is 9.92. The van der Waals surface area contributed by atoms with Gasteiger partial charge in [-0.1, -0.05) is 18.2 Å². The molecule has 0 unspecified atom stereocenters. The van der Waals surface area contributed by atoms with Crippen LogP contribution in [0.3, 0.4) is 0 Å². The van der Waals surface area contributed by atoms with Crippen molar-refractivity contribution in [2.75, 3.05) is 13.7 Å². The number of allylic oxidation sites excluding steroid dienone is 2. The molecule has 37 heavy (non-hydrogen) atoms. The predicted molar refractivity (Wildman–Crippen MR) is 134 cm³/mol. The highest BCUT2D eigenvalue weighted by Gasteiger charge is 2.43. The summed E-state index contributed by atoms with van der Waals surface area (Å²) < 4.78 is 23.2. The van der Waals surface area contributed by atoms with Crippen LogP contribution in [-0.4, -0.2) is 47.3 Å². The van der Waals surface area contributed by atoms with Crippen LogP contribution in [0, 0.1) is 16.0 Å². The van der Waals surface area contributed by atoms with E-state index in [1.54, 1.807) is 26.2 Å². The zero-order valence-corrected chi connectivity index (χ0v) is 21.4. The van der Waals surface area contributed by atoms with Gasteiger partial charge in [-0.3, -0.25) is 24.7 Å². The fraction of sp³-hybridized carbons (Fsp3) is 0.444. The van der Waals surface area contributed by atoms with Gasteiger partial charge in [0.25, 0.3) is 0 Å². The lowest BCUT2D eigenvalue weighted by Gasteiger charge is -2.42. The van der Waals surface area contributed by atoms with E-state index in [0.717, 1.165) is 5.56 Å². The number of rotatable bonds is 11. The lowest BCUT2D eigenvalue weighted by Crippen LogP contribution is -2.50. The number of hydrogen-bond acceptors (Lipinski definition) is 9. The van der Waals surface area contributed by atoms with E-state index in [1.165, 1.54) is 32.2 Å². The van der Waals surface area contributed by atoms with E-state index in [0.29, 0.717) is 25.9 Å². The molecule has 0 amide bonds. The van der Waals surface area contributed by atoms with Crippen molar-refractivity contribution in [3.05, 3.63) is 76.1 Å². The molecule has 0 bridgehead atoms. The van der Waals surface area contributed by atoms with E-state index in [1.807, 2.05) is 24.3 Å². The third kappa shape index (κ3) is 7.43. The quantitative estimate of drug-likeness (QED) is 0.135. The Bertz CT molecular complexity index is 1130. The largest absolute Gasteiger partial charge is 0.475 e. The third-order valence-electron chi connectivity index (χ3n) is 6.02. The molecular weight excluding hydrogens is 480 g/mol. The maximum absolute atomic E-state index is 11.7. The van der Waals surface area contributed by atoms with Gasteiger partial charge in [0.05, 0.1) is 24.7 Å². The summed E-state index contributed by atoms with van der Waals surface area (Å²) >= 11 is 0. The maximum Gasteiger partial charge on any atom is 0.311 e. The highest BCUT2D eigenvalue weighted by atomic mass is 16.7. The minimum absolute atomic E-state index is 0.0146. The monoisotopic (exact) mass is 512 g/mol. The van der Waals surface area contributed by atoms with Crippen molar-refractivity contribution in [2.45, 2.75) is 58.0 Å². The number of nitro groups is 1. The highest BCUT2D eigenvalue weighted by Crippen LogP contribution is 2.40. The first-order valence-corrected chi connectivity index (χ1v) is 12.0. The standard InChI is InChI=1S/C27H32N2O8/c1-18(30)19-12-13-23(22(15-19)29(32)33)37-27(2,3)26-35-17-21(9-6-5-7-11-24(31)34-4)25(36-26)20-10-8-14-28-16-20/h5-6,8,10,12-16,21,25-26H,7,9,11,17H2,1-4H3/b6-5-/t21-,25-,26+/m1/s1. The topological polar surface area (TPSA) is 127 Å². The van der Waals surface area contributed by atoms with Gasteiger partial charge in [-0.2, -0.15) is 0 Å². The van der Waals surface area contributed by atoms with Gasteiger partial charge in [0.2, 0.25) is 0 Å². The molecule has 3 atom stereocenters. The van der Waals surface area contributed by atoms with Crippen LogP contribution in [-0.2, 0) is 19.0 Å². The number of esters is 1. The fourth-order valence-electron chi connectivity index (χ4n) is 4.02. The minimum Gasteiger partial charge on any atom is -0.475 e. The molecule has 2 aromatic rings. The Morgan fingerprint density at radius 2 is 2.05 bits per heavy atom. The van der Waals surface area contributed by atoms with Crippen molar-refractivity contribution in [2.24, 2.45) is 5.92 Å². The molecule has 1 aliphatic rings. The van der Waals surface area contributed by atoms with Gasteiger partial charge in [0.1, 0.15) is 0 Å². The Kier molecular flexibility index (Phi) is 9.48. The van der Waals surface area contributed by atoms with Crippen LogP contribution in [0.1, 0.15) is 62.1 Å². The van der Waals surface area contributed by atoms with E-state index >= 15 is 0 Å². The number of nitrogens with zero attached hydrogens (tertiary/aromatic N) is 2. The molecule has 1 aromatic carbocycles. The number of pyridine rings is 1. The molecule has 0 aliphatic carbocycles. The lowest BCUT2D eigenvalue weighted by molar-refractivity contribution is -0.386. The van der Waals surface area contributed by atoms with E-state index in [4.69, 9.17) is 14.2 Å². The van der Waals surface area contributed by atoms with Crippen molar-refractivity contribution < 1.29 is 33.5 Å². The van der Waals surface area contributed by atoms with Gasteiger partial charge in [-0.25, -0.2) is 0 Å². The van der Waals surface area contributed by atoms with Crippen LogP contribution in [0.2, 0.25) is 0 Å². The van der Waals surface area contributed by atoms with Crippen LogP contribution in [0.15, 0.2) is 54.9 Å². The van der Waals surface area contributed by atoms with Gasteiger partial charge in [-0.15, -0.1) is 0 Å². The van der Waals surface area contributed by atoms with Crippen molar-refractivity contribution in [3.8, 4) is 5.75 Å². The van der Waals surface area contributed by atoms with Crippen molar-refractivity contribution in [1.29, 1.82) is 0 Å². The van der Waals surface area contributed by atoms with Crippen LogP contribution in [0.25, 0.3) is 0 Å². The molecule has 0 radical (unpaired) electrons. The third-order valence-corrected chi connectivity index (χ3v) is 6.02. The summed E-state index contributed by atoms with van der Waals surface area (Å²) in [7, 11) is 1.36. The summed E-state index contributed by atoms with van der Waals surface area (Å²) in [6.07, 6.45) is 7.66. The number of aromatic nitrogens is 1. The zero-order chi connectivity index (χ0) is 27.0. The summed E-state index contributed by atoms with van der Waals surface area (Å²) in [5.74, 6) is -0.559. The first-order valence-electron chi connectivity index (χ1n) is 12.0. The number of carbonyl (C=O) groups is 2. The highest BCUT2D eigenvalue weighted by molar-refractivity contribution is 5.95. The molecule has 1 aromatic heterocycles. The van der Waals surface area contributed by atoms with Crippen molar-refractivity contribution in [1.82, 2.24) is 4.98 Å². The molecule has 2 heterocycles. The van der Waals surface area contributed by atoms with Gasteiger partial charge >= 0.3 is 11.7 Å². The second-order valence-corrected chi connectivity index (χ2v) is 9.29. The summed E-state index contributed by atoms with van der Waals surface area (Å²) in [4.78, 5) is 38.3. The zero-order valence-electron chi connectivity index (χ0n) is 21.4. The van der Waals surface area contributed by atoms with Crippen LogP contribution >= 0.6 is 0 Å². The van der Waals surface area contributed by atoms with E-state index < -0.39 is 16.8 Å². The number of hydrogen-bond donors (Lipinski definition) is 0. The molecule has 0 N–H and O–H groups in total. The van der Waals surface area contributed by atoms with Crippen LogP contribution in [0.5, 0.6) is 5.75 Å². The van der Waals surface area contributed by atoms with E-state index in [-0.39, 0.29) is 40.8 Å². The Morgan fingerprint density at radius 1 is 1.27 bits per heavy atom. The molecule has 10 nitrogen and oxygen atoms in total. The maximum atomic E-state index is 11.7. The normalized spacial score (nSPS) is 19.9. The van der Waals surface area contributed by atoms with Crippen molar-refractivity contribution in [3.63, 3.8) is 0 Å². The van der Waals surface area contributed by atoms with Crippen LogP contribution in [0.4, 0.5) is 5.69 Å². The number of ketones is 1. The molecule has 198 valence electrons. The number of carbonyl (C=O) groups excluding carboxylic acids is 2. The van der Waals surface area contributed by atoms with E-state index in [9.17, 15) is 19.7 Å². The molecule has 3 rings (SSSR count). The van der Waals surface area contributed by atoms with E-state index in [2.05, 4.69) is 9.72 Å². The summed E-state index contributed by atoms with van der Waals surface area (Å²) in [6.45, 7) is 5.15. The molecule has 1 saturated heterocycles. The number of benzene rings is 1. The second kappa shape index (κ2) is 12.6. The second-order valence-electron chi connectivity index (χ2n) is 9.29. The minimum atomic E-state index is -1.11. The first-order chi connectivity index (χ1) is 17.6. The number of ether oxygens (including phenoxy) is 4. The molecular formula is C27H32N2O8. The number of nitro benzene ring substituents is 1. The summed E-state index contributed by atoms with van der Waals surface area (Å²) in [5.41, 5.74) is -0.322. The Labute approximate surface area is 215 Å². The van der Waals surface area contributed by atoms with Gasteiger partial charge in [0, 0.05) is 36.4 Å². The van der Waals surface area contributed by atoms with Gasteiger partial charge in [0.15, 0.2) is 23.4 Å². The Morgan fingerprint density at radius 3 is 2.70 bits per heavy atom. The van der Waals surface area contributed by atoms with Crippen molar-refractivity contribution >= 4 is 17.4 Å². The molecule has 0 spiro atoms. The van der Waals surface area contributed by atoms with Crippen LogP contribution < -0.4 is 4.74 Å². The molecule has 0 saturated carbocycles. The summed E-state index contributed by atoms with van der Waals surface area (Å²) in [5, 5.41) is 11.7.